The Morgan fingerprint density at radius 1 is 0.724 bits per heavy atom. The molecular formula is C23H26O6. The average molecular weight is 398 g/mol. The summed E-state index contributed by atoms with van der Waals surface area (Å²) in [4.78, 5) is 37.3. The molecule has 0 aliphatic rings. The maximum atomic E-state index is 12.4. The standard InChI is InChI=1S/C23H26O6/c1-27-20(24)23(21(25)28-2,22(26)29-3)16-10-15-19(17-11-6-4-7-12-17)18-13-8-5-9-14-18/h4-9,11-14,19H,10,15-16H2,1-3H3. The molecule has 0 saturated carbocycles. The van der Waals surface area contributed by atoms with Crippen LogP contribution >= 0.6 is 0 Å². The number of hydrogen-bond acceptors (Lipinski definition) is 6. The molecule has 0 N–H and O–H groups in total. The minimum absolute atomic E-state index is 0.0445. The zero-order valence-electron chi connectivity index (χ0n) is 16.9. The van der Waals surface area contributed by atoms with Crippen molar-refractivity contribution >= 4 is 17.9 Å². The van der Waals surface area contributed by atoms with Crippen LogP contribution in [-0.4, -0.2) is 39.2 Å². The normalized spacial score (nSPS) is 11.0. The third-order valence-electron chi connectivity index (χ3n) is 5.05. The molecule has 0 amide bonds. The molecule has 0 bridgehead atoms. The summed E-state index contributed by atoms with van der Waals surface area (Å²) in [7, 11) is 3.37. The van der Waals surface area contributed by atoms with E-state index in [4.69, 9.17) is 14.2 Å². The molecule has 0 radical (unpaired) electrons. The van der Waals surface area contributed by atoms with Gasteiger partial charge in [-0.05, 0) is 24.0 Å². The van der Waals surface area contributed by atoms with Gasteiger partial charge in [0.25, 0.3) is 5.41 Å². The van der Waals surface area contributed by atoms with Crippen molar-refractivity contribution in [2.24, 2.45) is 5.41 Å². The van der Waals surface area contributed by atoms with E-state index in [1.54, 1.807) is 0 Å². The monoisotopic (exact) mass is 398 g/mol. The van der Waals surface area contributed by atoms with Gasteiger partial charge < -0.3 is 14.2 Å². The predicted molar refractivity (Wildman–Crippen MR) is 107 cm³/mol. The third kappa shape index (κ3) is 4.83. The van der Waals surface area contributed by atoms with Crippen LogP contribution in [-0.2, 0) is 28.6 Å². The first-order chi connectivity index (χ1) is 14.0. The topological polar surface area (TPSA) is 78.9 Å². The lowest BCUT2D eigenvalue weighted by atomic mass is 9.79. The number of methoxy groups -OCH3 is 3. The number of ether oxygens (including phenoxy) is 3. The van der Waals surface area contributed by atoms with Gasteiger partial charge in [-0.25, -0.2) is 0 Å². The first-order valence-electron chi connectivity index (χ1n) is 9.36. The van der Waals surface area contributed by atoms with Crippen molar-refractivity contribution in [3.8, 4) is 0 Å². The van der Waals surface area contributed by atoms with Crippen LogP contribution in [0.15, 0.2) is 60.7 Å². The molecule has 2 aromatic rings. The van der Waals surface area contributed by atoms with E-state index in [1.807, 2.05) is 60.7 Å². The number of rotatable bonds is 9. The fourth-order valence-electron chi connectivity index (χ4n) is 3.55. The van der Waals surface area contributed by atoms with E-state index < -0.39 is 23.3 Å². The lowest BCUT2D eigenvalue weighted by molar-refractivity contribution is -0.181. The van der Waals surface area contributed by atoms with E-state index in [2.05, 4.69) is 0 Å². The fourth-order valence-corrected chi connectivity index (χ4v) is 3.55. The van der Waals surface area contributed by atoms with Gasteiger partial charge in [0.15, 0.2) is 0 Å². The molecule has 2 rings (SSSR count). The second-order valence-corrected chi connectivity index (χ2v) is 6.65. The van der Waals surface area contributed by atoms with Gasteiger partial charge in [0, 0.05) is 5.92 Å². The van der Waals surface area contributed by atoms with E-state index in [9.17, 15) is 14.4 Å². The number of carbonyl (C=O) groups is 3. The molecule has 29 heavy (non-hydrogen) atoms. The minimum atomic E-state index is -2.13. The van der Waals surface area contributed by atoms with E-state index in [1.165, 1.54) is 0 Å². The van der Waals surface area contributed by atoms with Gasteiger partial charge in [0.05, 0.1) is 21.3 Å². The Balaban J connectivity index is 2.30. The van der Waals surface area contributed by atoms with Gasteiger partial charge in [-0.3, -0.25) is 14.4 Å². The summed E-state index contributed by atoms with van der Waals surface area (Å²) in [6, 6.07) is 19.9. The first kappa shape index (κ1) is 22.1. The lowest BCUT2D eigenvalue weighted by Crippen LogP contribution is -2.48. The molecule has 6 heteroatoms. The fraction of sp³-hybridized carbons (Fsp3) is 0.348. The Labute approximate surface area is 170 Å². The van der Waals surface area contributed by atoms with Crippen LogP contribution in [0.1, 0.15) is 36.3 Å². The molecular weight excluding hydrogens is 372 g/mol. The third-order valence-corrected chi connectivity index (χ3v) is 5.05. The molecule has 0 aliphatic carbocycles. The van der Waals surface area contributed by atoms with E-state index in [0.717, 1.165) is 32.5 Å². The summed E-state index contributed by atoms with van der Waals surface area (Å²) in [5.74, 6) is -2.89. The Hall–Kier alpha value is -3.15. The smallest absolute Gasteiger partial charge is 0.334 e. The summed E-state index contributed by atoms with van der Waals surface area (Å²) in [6.07, 6.45) is 0.934. The van der Waals surface area contributed by atoms with E-state index in [0.29, 0.717) is 12.8 Å². The second kappa shape index (κ2) is 10.4. The maximum absolute atomic E-state index is 12.4. The van der Waals surface area contributed by atoms with Gasteiger partial charge in [-0.1, -0.05) is 67.1 Å². The summed E-state index contributed by atoms with van der Waals surface area (Å²) in [6.45, 7) is 0. The molecule has 0 saturated heterocycles. The highest BCUT2D eigenvalue weighted by Crippen LogP contribution is 2.35. The molecule has 0 heterocycles. The molecule has 0 aliphatic heterocycles. The van der Waals surface area contributed by atoms with Crippen molar-refractivity contribution in [2.75, 3.05) is 21.3 Å². The molecule has 154 valence electrons. The van der Waals surface area contributed by atoms with Crippen molar-refractivity contribution in [1.29, 1.82) is 0 Å². The summed E-state index contributed by atoms with van der Waals surface area (Å²) in [5, 5.41) is 0. The van der Waals surface area contributed by atoms with E-state index in [-0.39, 0.29) is 12.3 Å². The maximum Gasteiger partial charge on any atom is 0.334 e. The van der Waals surface area contributed by atoms with Crippen LogP contribution in [0.5, 0.6) is 0 Å². The Kier molecular flexibility index (Phi) is 7.95. The van der Waals surface area contributed by atoms with Crippen molar-refractivity contribution in [3.05, 3.63) is 71.8 Å². The molecule has 2 aromatic carbocycles. The molecule has 0 atom stereocenters. The number of benzene rings is 2. The molecule has 0 fully saturated rings. The number of hydrogen-bond donors (Lipinski definition) is 0. The van der Waals surface area contributed by atoms with Crippen molar-refractivity contribution in [3.63, 3.8) is 0 Å². The summed E-state index contributed by atoms with van der Waals surface area (Å²) in [5.41, 5.74) is 0.0907. The molecule has 0 spiro atoms. The van der Waals surface area contributed by atoms with Gasteiger partial charge in [-0.2, -0.15) is 0 Å². The Morgan fingerprint density at radius 3 is 1.45 bits per heavy atom. The van der Waals surface area contributed by atoms with Gasteiger partial charge in [0.1, 0.15) is 0 Å². The molecule has 0 unspecified atom stereocenters. The average Bonchev–Trinajstić information content (AvgIpc) is 2.79. The van der Waals surface area contributed by atoms with Crippen molar-refractivity contribution in [1.82, 2.24) is 0 Å². The van der Waals surface area contributed by atoms with Gasteiger partial charge in [-0.15, -0.1) is 0 Å². The van der Waals surface area contributed by atoms with Crippen LogP contribution < -0.4 is 0 Å². The highest BCUT2D eigenvalue weighted by Gasteiger charge is 2.56. The van der Waals surface area contributed by atoms with Crippen LogP contribution in [0, 0.1) is 5.41 Å². The molecule has 0 aromatic heterocycles. The lowest BCUT2D eigenvalue weighted by Gasteiger charge is -2.26. The van der Waals surface area contributed by atoms with Crippen LogP contribution in [0.2, 0.25) is 0 Å². The van der Waals surface area contributed by atoms with Crippen LogP contribution in [0.4, 0.5) is 0 Å². The quantitative estimate of drug-likeness (QED) is 0.365. The zero-order chi connectivity index (χ0) is 21.3. The highest BCUT2D eigenvalue weighted by molar-refractivity contribution is 6.17. The number of carbonyl (C=O) groups excluding carboxylic acids is 3. The predicted octanol–water partition coefficient (Wildman–Crippen LogP) is 3.49. The highest BCUT2D eigenvalue weighted by atomic mass is 16.6. The van der Waals surface area contributed by atoms with Gasteiger partial charge in [0.2, 0.25) is 0 Å². The Morgan fingerprint density at radius 2 is 1.10 bits per heavy atom. The van der Waals surface area contributed by atoms with Gasteiger partial charge >= 0.3 is 17.9 Å². The number of esters is 3. The van der Waals surface area contributed by atoms with E-state index >= 15 is 0 Å². The van der Waals surface area contributed by atoms with Crippen LogP contribution in [0.25, 0.3) is 0 Å². The Bertz CT molecular complexity index is 735. The first-order valence-corrected chi connectivity index (χ1v) is 9.36. The summed E-state index contributed by atoms with van der Waals surface area (Å²) >= 11 is 0. The second-order valence-electron chi connectivity index (χ2n) is 6.65. The molecule has 6 nitrogen and oxygen atoms in total. The zero-order valence-corrected chi connectivity index (χ0v) is 16.9. The van der Waals surface area contributed by atoms with Crippen LogP contribution in [0.3, 0.4) is 0 Å². The van der Waals surface area contributed by atoms with Crippen molar-refractivity contribution in [2.45, 2.75) is 25.2 Å². The summed E-state index contributed by atoms with van der Waals surface area (Å²) < 4.78 is 14.2. The minimum Gasteiger partial charge on any atom is -0.468 e. The largest absolute Gasteiger partial charge is 0.468 e. The van der Waals surface area contributed by atoms with Crippen molar-refractivity contribution < 1.29 is 28.6 Å². The SMILES string of the molecule is COC(=O)C(CCCC(c1ccccc1)c1ccccc1)(C(=O)OC)C(=O)OC.